The fraction of sp³-hybridized carbons (Fsp3) is 0.615. The summed E-state index contributed by atoms with van der Waals surface area (Å²) in [5, 5.41) is 16.9. The Kier molecular flexibility index (Phi) is 11.1. The first-order chi connectivity index (χ1) is 25.9. The molecule has 0 radical (unpaired) electrons. The maximum atomic E-state index is 14.8. The molecule has 2 saturated carbocycles. The topological polar surface area (TPSA) is 203 Å². The second kappa shape index (κ2) is 15.2. The summed E-state index contributed by atoms with van der Waals surface area (Å²) in [4.78, 5) is 62.2. The zero-order chi connectivity index (χ0) is 39.9. The lowest BCUT2D eigenvalue weighted by Gasteiger charge is -2.33. The quantitative estimate of drug-likeness (QED) is 0.286. The van der Waals surface area contributed by atoms with Crippen molar-refractivity contribution in [3.8, 4) is 11.6 Å². The molecule has 2 aliphatic heterocycles. The number of alkyl carbamates (subject to hydrolysis) is 1. The van der Waals surface area contributed by atoms with Crippen molar-refractivity contribution in [1.82, 2.24) is 25.2 Å². The fourth-order valence-electron chi connectivity index (χ4n) is 7.78. The Morgan fingerprint density at radius 3 is 2.47 bits per heavy atom. The van der Waals surface area contributed by atoms with Crippen LogP contribution in [0.15, 0.2) is 42.6 Å². The highest BCUT2D eigenvalue weighted by Crippen LogP contribution is 2.48. The number of nitrogens with zero attached hydrogens (tertiary/aromatic N) is 2. The standard InChI is InChI=1S/C39H53N5O10S/c1-23-11-7-8-12-25-19-39(25,35(48)43-55(50,51)38(22-45)15-16-38)42-32(46)29-18-26(53-33-28-14-10-9-13-27(28)30(52-6)20-40-33)21-44(29)34(47)31(24(2)17-23)41-36(49)54-37(3,4)5/h8-10,12-14,20,23-26,29,31,45H,7,11,15-19,21-22H2,1-6H3,(H,41,49)(H,42,46)(H,43,48)/b12-8-/t23-,24+,25+,26+,29-,31-,39+/m0/s1. The van der Waals surface area contributed by atoms with Gasteiger partial charge in [-0.3, -0.25) is 19.1 Å². The Balaban J connectivity index is 1.35. The molecule has 55 heavy (non-hydrogen) atoms. The largest absolute Gasteiger partial charge is 0.494 e. The van der Waals surface area contributed by atoms with Gasteiger partial charge >= 0.3 is 6.09 Å². The van der Waals surface area contributed by atoms with Gasteiger partial charge in [0.25, 0.3) is 5.91 Å². The van der Waals surface area contributed by atoms with Crippen LogP contribution < -0.4 is 24.8 Å². The first-order valence-corrected chi connectivity index (χ1v) is 20.5. The number of rotatable bonds is 8. The third kappa shape index (κ3) is 8.39. The molecule has 2 aromatic rings. The Hall–Kier alpha value is -4.44. The number of aliphatic hydroxyl groups excluding tert-OH is 1. The lowest BCUT2D eigenvalue weighted by Crippen LogP contribution is -2.59. The van der Waals surface area contributed by atoms with Gasteiger partial charge < -0.3 is 34.9 Å². The van der Waals surface area contributed by atoms with Crippen molar-refractivity contribution in [1.29, 1.82) is 0 Å². The zero-order valence-electron chi connectivity index (χ0n) is 32.3. The average molecular weight is 784 g/mol. The second-order valence-corrected chi connectivity index (χ2v) is 18.7. The highest BCUT2D eigenvalue weighted by atomic mass is 32.2. The number of methoxy groups -OCH3 is 1. The van der Waals surface area contributed by atoms with Crippen LogP contribution in [0.3, 0.4) is 0 Å². The van der Waals surface area contributed by atoms with Gasteiger partial charge in [0.15, 0.2) is 0 Å². The number of ether oxygens (including phenoxy) is 3. The van der Waals surface area contributed by atoms with E-state index in [1.54, 1.807) is 27.9 Å². The number of pyridine rings is 1. The lowest BCUT2D eigenvalue weighted by molar-refractivity contribution is -0.142. The summed E-state index contributed by atoms with van der Waals surface area (Å²) in [6.45, 7) is 8.42. The summed E-state index contributed by atoms with van der Waals surface area (Å²) in [6.07, 6.45) is 6.31. The normalized spacial score (nSPS) is 30.1. The predicted octanol–water partition coefficient (Wildman–Crippen LogP) is 3.34. The number of allylic oxidation sites excluding steroid dienone is 1. The van der Waals surface area contributed by atoms with E-state index in [0.29, 0.717) is 24.0 Å². The molecular weight excluding hydrogens is 731 g/mol. The van der Waals surface area contributed by atoms with Crippen LogP contribution in [0.2, 0.25) is 0 Å². The molecule has 3 fully saturated rings. The van der Waals surface area contributed by atoms with Gasteiger partial charge in [-0.2, -0.15) is 0 Å². The molecule has 0 bridgehead atoms. The Bertz CT molecular complexity index is 1960. The molecule has 4 aliphatic rings. The number of carbonyl (C=O) groups is 4. The number of benzene rings is 1. The van der Waals surface area contributed by atoms with Crippen molar-refractivity contribution in [3.05, 3.63) is 42.6 Å². The maximum absolute atomic E-state index is 14.8. The van der Waals surface area contributed by atoms with E-state index in [2.05, 4.69) is 27.3 Å². The highest BCUT2D eigenvalue weighted by molar-refractivity contribution is 7.91. The summed E-state index contributed by atoms with van der Waals surface area (Å²) in [5.41, 5.74) is -2.45. The monoisotopic (exact) mass is 783 g/mol. The maximum Gasteiger partial charge on any atom is 0.408 e. The van der Waals surface area contributed by atoms with E-state index in [4.69, 9.17) is 14.2 Å². The van der Waals surface area contributed by atoms with Crippen LogP contribution in [-0.2, 0) is 29.1 Å². The van der Waals surface area contributed by atoms with Crippen LogP contribution in [-0.4, -0.2) is 102 Å². The molecule has 1 saturated heterocycles. The Labute approximate surface area is 322 Å². The van der Waals surface area contributed by atoms with E-state index in [0.717, 1.165) is 11.8 Å². The van der Waals surface area contributed by atoms with Crippen molar-refractivity contribution in [2.24, 2.45) is 17.8 Å². The highest BCUT2D eigenvalue weighted by Gasteiger charge is 2.64. The number of aliphatic hydroxyl groups is 1. The molecule has 16 heteroatoms. The Morgan fingerprint density at radius 2 is 1.82 bits per heavy atom. The lowest BCUT2D eigenvalue weighted by atomic mass is 9.88. The molecule has 15 nitrogen and oxygen atoms in total. The summed E-state index contributed by atoms with van der Waals surface area (Å²) in [5.74, 6) is -2.03. The number of aromatic nitrogens is 1. The molecule has 300 valence electrons. The number of sulfonamides is 1. The molecule has 4 amide bonds. The van der Waals surface area contributed by atoms with Crippen LogP contribution in [0.1, 0.15) is 79.6 Å². The molecule has 0 spiro atoms. The number of nitrogens with one attached hydrogen (secondary N) is 3. The zero-order valence-corrected chi connectivity index (χ0v) is 33.1. The molecular formula is C39H53N5O10S. The number of amides is 4. The predicted molar refractivity (Wildman–Crippen MR) is 202 cm³/mol. The van der Waals surface area contributed by atoms with Crippen LogP contribution >= 0.6 is 0 Å². The summed E-state index contributed by atoms with van der Waals surface area (Å²) in [6, 6.07) is 5.14. The van der Waals surface area contributed by atoms with E-state index in [9.17, 15) is 32.7 Å². The van der Waals surface area contributed by atoms with Gasteiger partial charge in [-0.15, -0.1) is 0 Å². The van der Waals surface area contributed by atoms with E-state index in [1.807, 2.05) is 43.3 Å². The minimum Gasteiger partial charge on any atom is -0.494 e. The first kappa shape index (κ1) is 40.2. The fourth-order valence-corrected chi connectivity index (χ4v) is 9.23. The number of hydrogen-bond acceptors (Lipinski definition) is 11. The molecule has 6 rings (SSSR count). The molecule has 1 aromatic carbocycles. The summed E-state index contributed by atoms with van der Waals surface area (Å²) in [7, 11) is -2.72. The van der Waals surface area contributed by atoms with Gasteiger partial charge in [0.1, 0.15) is 39.8 Å². The average Bonchev–Trinajstić information content (AvgIpc) is 4.02. The van der Waals surface area contributed by atoms with Crippen LogP contribution in [0.5, 0.6) is 11.6 Å². The van der Waals surface area contributed by atoms with Gasteiger partial charge in [0.2, 0.25) is 27.7 Å². The van der Waals surface area contributed by atoms with Gasteiger partial charge in [-0.25, -0.2) is 18.2 Å². The molecule has 7 atom stereocenters. The van der Waals surface area contributed by atoms with Gasteiger partial charge in [-0.05, 0) is 77.2 Å². The van der Waals surface area contributed by atoms with Crippen molar-refractivity contribution >= 4 is 44.6 Å². The number of fused-ring (bicyclic) bond motifs is 3. The SMILES string of the molecule is COc1cnc(O[C@@H]2C[C@H]3C(=O)N[C@]4(C(=O)NS(=O)(=O)C5(CO)CC5)C[C@H]4/C=C\CC[C@H](C)C[C@@H](C)[C@H](NC(=O)OC(C)(C)C)C(=O)N3C2)c2ccccc12. The van der Waals surface area contributed by atoms with Crippen LogP contribution in [0, 0.1) is 17.8 Å². The smallest absolute Gasteiger partial charge is 0.408 e. The van der Waals surface area contributed by atoms with Gasteiger partial charge in [0.05, 0.1) is 26.5 Å². The molecule has 1 aromatic heterocycles. The Morgan fingerprint density at radius 1 is 1.11 bits per heavy atom. The molecule has 0 unspecified atom stereocenters. The molecule has 3 heterocycles. The van der Waals surface area contributed by atoms with Crippen LogP contribution in [0.25, 0.3) is 10.8 Å². The minimum atomic E-state index is -4.26. The molecule has 2 aliphatic carbocycles. The van der Waals surface area contributed by atoms with E-state index in [1.165, 1.54) is 11.1 Å². The van der Waals surface area contributed by atoms with E-state index in [-0.39, 0.29) is 49.9 Å². The van der Waals surface area contributed by atoms with E-state index < -0.39 is 80.4 Å². The number of hydrogen-bond donors (Lipinski definition) is 4. The van der Waals surface area contributed by atoms with Crippen molar-refractivity contribution in [2.45, 2.75) is 114 Å². The van der Waals surface area contributed by atoms with Gasteiger partial charge in [0, 0.05) is 23.1 Å². The van der Waals surface area contributed by atoms with Gasteiger partial charge in [-0.1, -0.05) is 44.2 Å². The first-order valence-electron chi connectivity index (χ1n) is 19.0. The summed E-state index contributed by atoms with van der Waals surface area (Å²) < 4.78 is 44.7. The van der Waals surface area contributed by atoms with Crippen molar-refractivity contribution in [3.63, 3.8) is 0 Å². The van der Waals surface area contributed by atoms with E-state index >= 15 is 0 Å². The molecule has 4 N–H and O–H groups in total. The third-order valence-electron chi connectivity index (χ3n) is 11.2. The van der Waals surface area contributed by atoms with Crippen molar-refractivity contribution < 1.29 is 46.9 Å². The van der Waals surface area contributed by atoms with Crippen LogP contribution in [0.4, 0.5) is 4.79 Å². The summed E-state index contributed by atoms with van der Waals surface area (Å²) >= 11 is 0. The third-order valence-corrected chi connectivity index (χ3v) is 13.3. The minimum absolute atomic E-state index is 0.00762. The number of carbonyl (C=O) groups excluding carboxylic acids is 4. The van der Waals surface area contributed by atoms with Crippen molar-refractivity contribution in [2.75, 3.05) is 20.3 Å². The second-order valence-electron chi connectivity index (χ2n) is 16.7.